The molecule has 130 valence electrons. The molecule has 22 heavy (non-hydrogen) atoms. The normalized spacial score (nSPS) is 25.4. The minimum absolute atomic E-state index is 0. The summed E-state index contributed by atoms with van der Waals surface area (Å²) < 4.78 is 0. The Morgan fingerprint density at radius 1 is 1.18 bits per heavy atom. The maximum Gasteiger partial charge on any atom is 0.194 e. The highest BCUT2D eigenvalue weighted by molar-refractivity contribution is 14.0. The van der Waals surface area contributed by atoms with Crippen molar-refractivity contribution in [2.75, 3.05) is 39.8 Å². The van der Waals surface area contributed by atoms with Crippen LogP contribution in [0.4, 0.5) is 0 Å². The highest BCUT2D eigenvalue weighted by Crippen LogP contribution is 2.46. The third-order valence-corrected chi connectivity index (χ3v) is 5.81. The monoisotopic (exact) mass is 422 g/mol. The number of aliphatic imine (C=N–C) groups is 1. The Morgan fingerprint density at radius 2 is 1.77 bits per heavy atom. The lowest BCUT2D eigenvalue weighted by Gasteiger charge is -2.62. The van der Waals surface area contributed by atoms with E-state index < -0.39 is 0 Å². The molecular weight excluding hydrogens is 387 g/mol. The number of nitrogens with one attached hydrogen (secondary N) is 1. The topological polar surface area (TPSA) is 30.9 Å². The number of rotatable bonds is 3. The molecule has 0 bridgehead atoms. The van der Waals surface area contributed by atoms with Crippen LogP contribution >= 0.6 is 24.0 Å². The summed E-state index contributed by atoms with van der Waals surface area (Å²) in [5, 5.41) is 3.49. The Kier molecular flexibility index (Phi) is 6.99. The van der Waals surface area contributed by atoms with Gasteiger partial charge in [-0.1, -0.05) is 13.8 Å². The summed E-state index contributed by atoms with van der Waals surface area (Å²) >= 11 is 0. The zero-order valence-corrected chi connectivity index (χ0v) is 17.6. The lowest BCUT2D eigenvalue weighted by molar-refractivity contribution is -0.0668. The molecule has 0 aromatic rings. The van der Waals surface area contributed by atoms with Crippen LogP contribution in [0, 0.1) is 11.3 Å². The Labute approximate surface area is 154 Å². The van der Waals surface area contributed by atoms with Crippen LogP contribution in [-0.4, -0.2) is 61.1 Å². The lowest BCUT2D eigenvalue weighted by atomic mass is 9.65. The van der Waals surface area contributed by atoms with Gasteiger partial charge in [-0.25, -0.2) is 0 Å². The summed E-state index contributed by atoms with van der Waals surface area (Å²) in [5.41, 5.74) is 0.539. The maximum atomic E-state index is 4.96. The maximum absolute atomic E-state index is 4.96. The second-order valence-electron chi connectivity index (χ2n) is 7.97. The fraction of sp³-hybridized carbons (Fsp3) is 0.941. The third-order valence-electron chi connectivity index (χ3n) is 5.81. The molecular formula is C17H35IN4. The molecule has 0 atom stereocenters. The predicted molar refractivity (Wildman–Crippen MR) is 106 cm³/mol. The first-order valence-corrected chi connectivity index (χ1v) is 8.52. The first-order valence-electron chi connectivity index (χ1n) is 8.52. The highest BCUT2D eigenvalue weighted by atomic mass is 127. The van der Waals surface area contributed by atoms with Crippen LogP contribution in [0.15, 0.2) is 4.99 Å². The van der Waals surface area contributed by atoms with E-state index in [1.165, 1.54) is 25.9 Å². The van der Waals surface area contributed by atoms with Gasteiger partial charge in [-0.3, -0.25) is 4.99 Å². The van der Waals surface area contributed by atoms with Crippen LogP contribution < -0.4 is 5.32 Å². The number of halogens is 1. The van der Waals surface area contributed by atoms with E-state index in [0.29, 0.717) is 5.41 Å². The molecule has 2 heterocycles. The van der Waals surface area contributed by atoms with Crippen molar-refractivity contribution >= 4 is 29.9 Å². The molecule has 0 aromatic heterocycles. The van der Waals surface area contributed by atoms with Crippen molar-refractivity contribution in [2.45, 2.75) is 53.0 Å². The number of guanidine groups is 1. The second-order valence-corrected chi connectivity index (χ2v) is 7.97. The fourth-order valence-electron chi connectivity index (χ4n) is 3.26. The van der Waals surface area contributed by atoms with Crippen molar-refractivity contribution in [3.8, 4) is 0 Å². The van der Waals surface area contributed by atoms with Crippen LogP contribution in [0.5, 0.6) is 0 Å². The Morgan fingerprint density at radius 3 is 2.23 bits per heavy atom. The SMILES string of the molecule is CCNC(=NCC1CCN(C)CC1)N1CC(C)(C)C1(C)C.I. The van der Waals surface area contributed by atoms with Gasteiger partial charge in [0, 0.05) is 30.6 Å². The van der Waals surface area contributed by atoms with Crippen molar-refractivity contribution in [1.82, 2.24) is 15.1 Å². The van der Waals surface area contributed by atoms with Crippen molar-refractivity contribution in [2.24, 2.45) is 16.3 Å². The van der Waals surface area contributed by atoms with Crippen LogP contribution in [0.2, 0.25) is 0 Å². The minimum Gasteiger partial charge on any atom is -0.356 e. The number of piperidine rings is 1. The van der Waals surface area contributed by atoms with E-state index in [4.69, 9.17) is 4.99 Å². The molecule has 0 aromatic carbocycles. The molecule has 0 amide bonds. The molecule has 2 aliphatic rings. The van der Waals surface area contributed by atoms with Crippen molar-refractivity contribution < 1.29 is 0 Å². The molecule has 2 saturated heterocycles. The first kappa shape index (κ1) is 20.0. The molecule has 0 unspecified atom stereocenters. The summed E-state index contributed by atoms with van der Waals surface area (Å²) in [4.78, 5) is 9.83. The molecule has 2 fully saturated rings. The van der Waals surface area contributed by atoms with Crippen LogP contribution in [0.1, 0.15) is 47.5 Å². The zero-order valence-electron chi connectivity index (χ0n) is 15.3. The highest BCUT2D eigenvalue weighted by Gasteiger charge is 2.53. The average Bonchev–Trinajstić information content (AvgIpc) is 2.43. The Hall–Kier alpha value is -0.0400. The van der Waals surface area contributed by atoms with E-state index in [0.717, 1.165) is 31.5 Å². The largest absolute Gasteiger partial charge is 0.356 e. The number of hydrogen-bond acceptors (Lipinski definition) is 2. The molecule has 2 aliphatic heterocycles. The van der Waals surface area contributed by atoms with E-state index in [1.54, 1.807) is 0 Å². The van der Waals surface area contributed by atoms with Gasteiger partial charge in [0.2, 0.25) is 0 Å². The van der Waals surface area contributed by atoms with Crippen molar-refractivity contribution in [3.63, 3.8) is 0 Å². The first-order chi connectivity index (χ1) is 9.78. The van der Waals surface area contributed by atoms with Gasteiger partial charge < -0.3 is 15.1 Å². The van der Waals surface area contributed by atoms with Gasteiger partial charge >= 0.3 is 0 Å². The molecule has 0 aliphatic carbocycles. The van der Waals surface area contributed by atoms with Gasteiger partial charge in [0.15, 0.2) is 5.96 Å². The molecule has 4 nitrogen and oxygen atoms in total. The fourth-order valence-corrected chi connectivity index (χ4v) is 3.26. The number of nitrogens with zero attached hydrogens (tertiary/aromatic N) is 3. The summed E-state index contributed by atoms with van der Waals surface area (Å²) in [6.07, 6.45) is 2.57. The third kappa shape index (κ3) is 4.08. The quantitative estimate of drug-likeness (QED) is 0.431. The van der Waals surface area contributed by atoms with E-state index >= 15 is 0 Å². The van der Waals surface area contributed by atoms with Gasteiger partial charge in [0.05, 0.1) is 0 Å². The van der Waals surface area contributed by atoms with E-state index in [1.807, 2.05) is 0 Å². The van der Waals surface area contributed by atoms with Gasteiger partial charge in [-0.2, -0.15) is 0 Å². The lowest BCUT2D eigenvalue weighted by Crippen LogP contribution is -2.72. The summed E-state index contributed by atoms with van der Waals surface area (Å²) in [6, 6.07) is 0. The Bertz CT molecular complexity index is 384. The Balaban J connectivity index is 0.00000242. The van der Waals surface area contributed by atoms with Crippen LogP contribution in [0.25, 0.3) is 0 Å². The van der Waals surface area contributed by atoms with Gasteiger partial charge in [0.25, 0.3) is 0 Å². The van der Waals surface area contributed by atoms with Gasteiger partial charge in [0.1, 0.15) is 0 Å². The van der Waals surface area contributed by atoms with Gasteiger partial charge in [-0.05, 0) is 59.7 Å². The number of hydrogen-bond donors (Lipinski definition) is 1. The molecule has 1 N–H and O–H groups in total. The van der Waals surface area contributed by atoms with Crippen LogP contribution in [0.3, 0.4) is 0 Å². The molecule has 5 heteroatoms. The van der Waals surface area contributed by atoms with Crippen molar-refractivity contribution in [1.29, 1.82) is 0 Å². The van der Waals surface area contributed by atoms with E-state index in [9.17, 15) is 0 Å². The standard InChI is InChI=1S/C17H34N4.HI/c1-7-18-15(21-13-16(2,3)17(21,4)5)19-12-14-8-10-20(6)11-9-14;/h14H,7-13H2,1-6H3,(H,18,19);1H. The summed E-state index contributed by atoms with van der Waals surface area (Å²) in [7, 11) is 2.22. The van der Waals surface area contributed by atoms with Crippen molar-refractivity contribution in [3.05, 3.63) is 0 Å². The molecule has 0 radical (unpaired) electrons. The smallest absolute Gasteiger partial charge is 0.194 e. The van der Waals surface area contributed by atoms with Crippen LogP contribution in [-0.2, 0) is 0 Å². The van der Waals surface area contributed by atoms with E-state index in [2.05, 4.69) is 56.8 Å². The molecule has 0 spiro atoms. The number of likely N-dealkylation sites (tertiary alicyclic amines) is 2. The van der Waals surface area contributed by atoms with Gasteiger partial charge in [-0.15, -0.1) is 24.0 Å². The minimum atomic E-state index is 0. The predicted octanol–water partition coefficient (Wildman–Crippen LogP) is 3.03. The summed E-state index contributed by atoms with van der Waals surface area (Å²) in [5.74, 6) is 1.87. The molecule has 2 rings (SSSR count). The zero-order chi connectivity index (χ0) is 15.7. The molecule has 0 saturated carbocycles. The summed E-state index contributed by atoms with van der Waals surface area (Å²) in [6.45, 7) is 17.0. The average molecular weight is 422 g/mol. The van der Waals surface area contributed by atoms with E-state index in [-0.39, 0.29) is 29.5 Å². The second kappa shape index (κ2) is 7.69.